The third kappa shape index (κ3) is 24.8. The molecule has 0 bridgehead atoms. The van der Waals surface area contributed by atoms with Crippen LogP contribution in [0.3, 0.4) is 0 Å². The number of imide groups is 3. The van der Waals surface area contributed by atoms with Crippen LogP contribution in [-0.2, 0) is 9.59 Å². The highest BCUT2D eigenvalue weighted by atomic mass is 16.2. The largest absolute Gasteiger partial charge is 0.274 e. The molecular formula is C43H75NO3. The van der Waals surface area contributed by atoms with E-state index in [0.717, 1.165) is 43.4 Å². The minimum atomic E-state index is -0.470. The second-order valence-electron chi connectivity index (χ2n) is 14.2. The third-order valence-electron chi connectivity index (χ3n) is 9.71. The van der Waals surface area contributed by atoms with Crippen molar-refractivity contribution in [2.24, 2.45) is 0 Å². The summed E-state index contributed by atoms with van der Waals surface area (Å²) in [5, 5.41) is 0. The van der Waals surface area contributed by atoms with Crippen molar-refractivity contribution in [2.75, 3.05) is 0 Å². The maximum absolute atomic E-state index is 13.2. The summed E-state index contributed by atoms with van der Waals surface area (Å²) in [5.74, 6) is -1.14. The van der Waals surface area contributed by atoms with E-state index in [9.17, 15) is 14.4 Å². The molecule has 0 aliphatic rings. The molecule has 47 heavy (non-hydrogen) atoms. The fourth-order valence-electron chi connectivity index (χ4n) is 6.59. The summed E-state index contributed by atoms with van der Waals surface area (Å²) in [5.41, 5.74) is 0.405. The Morgan fingerprint density at radius 3 is 0.915 bits per heavy atom. The number of rotatable bonds is 33. The van der Waals surface area contributed by atoms with Crippen LogP contribution in [0.25, 0.3) is 0 Å². The van der Waals surface area contributed by atoms with E-state index in [-0.39, 0.29) is 24.7 Å². The summed E-state index contributed by atoms with van der Waals surface area (Å²) in [6, 6.07) is 8.79. The lowest BCUT2D eigenvalue weighted by Crippen LogP contribution is -2.41. The van der Waals surface area contributed by atoms with Gasteiger partial charge in [0.25, 0.3) is 5.91 Å². The molecule has 0 spiro atoms. The van der Waals surface area contributed by atoms with E-state index >= 15 is 0 Å². The van der Waals surface area contributed by atoms with Gasteiger partial charge in [0.1, 0.15) is 0 Å². The van der Waals surface area contributed by atoms with Crippen molar-refractivity contribution in [1.82, 2.24) is 4.90 Å². The lowest BCUT2D eigenvalue weighted by Gasteiger charge is -2.19. The van der Waals surface area contributed by atoms with Gasteiger partial charge in [-0.2, -0.15) is 0 Å². The topological polar surface area (TPSA) is 54.5 Å². The number of unbranched alkanes of at least 4 members (excludes halogenated alkanes) is 28. The molecule has 0 radical (unpaired) electrons. The first kappa shape index (κ1) is 43.1. The summed E-state index contributed by atoms with van der Waals surface area (Å²) in [6.07, 6.45) is 38.5. The molecule has 4 nitrogen and oxygen atoms in total. The summed E-state index contributed by atoms with van der Waals surface area (Å²) in [4.78, 5) is 40.6. The monoisotopic (exact) mass is 654 g/mol. The van der Waals surface area contributed by atoms with Gasteiger partial charge in [-0.3, -0.25) is 14.4 Å². The first-order valence-electron chi connectivity index (χ1n) is 20.6. The normalized spacial score (nSPS) is 11.2. The highest BCUT2D eigenvalue weighted by molar-refractivity contribution is 6.16. The number of carbonyl (C=O) groups excluding carboxylic acids is 3. The summed E-state index contributed by atoms with van der Waals surface area (Å²) < 4.78 is 0. The Hall–Kier alpha value is -1.97. The third-order valence-corrected chi connectivity index (χ3v) is 9.71. The van der Waals surface area contributed by atoms with Gasteiger partial charge in [-0.25, -0.2) is 4.90 Å². The number of amides is 3. The summed E-state index contributed by atoms with van der Waals surface area (Å²) in [7, 11) is 0. The van der Waals surface area contributed by atoms with E-state index < -0.39 is 5.91 Å². The highest BCUT2D eigenvalue weighted by Crippen LogP contribution is 2.17. The summed E-state index contributed by atoms with van der Waals surface area (Å²) in [6.45, 7) is 4.54. The maximum atomic E-state index is 13.2. The Morgan fingerprint density at radius 1 is 0.383 bits per heavy atom. The average molecular weight is 654 g/mol. The van der Waals surface area contributed by atoms with Crippen molar-refractivity contribution in [3.63, 3.8) is 0 Å². The number of nitrogens with zero attached hydrogens (tertiary/aromatic N) is 1. The van der Waals surface area contributed by atoms with Gasteiger partial charge in [0.15, 0.2) is 0 Å². The minimum Gasteiger partial charge on any atom is -0.274 e. The van der Waals surface area contributed by atoms with Crippen LogP contribution in [0.15, 0.2) is 30.3 Å². The summed E-state index contributed by atoms with van der Waals surface area (Å²) >= 11 is 0. The molecule has 1 aromatic carbocycles. The molecule has 0 fully saturated rings. The Balaban J connectivity index is 2.21. The molecule has 270 valence electrons. The van der Waals surface area contributed by atoms with Crippen molar-refractivity contribution in [3.05, 3.63) is 35.9 Å². The lowest BCUT2D eigenvalue weighted by atomic mass is 10.0. The molecule has 0 atom stereocenters. The van der Waals surface area contributed by atoms with E-state index in [4.69, 9.17) is 0 Å². The Bertz CT molecular complexity index is 821. The van der Waals surface area contributed by atoms with E-state index in [2.05, 4.69) is 13.8 Å². The van der Waals surface area contributed by atoms with E-state index in [1.807, 2.05) is 6.07 Å². The van der Waals surface area contributed by atoms with Gasteiger partial charge in [0.05, 0.1) is 0 Å². The van der Waals surface area contributed by atoms with Gasteiger partial charge in [-0.1, -0.05) is 212 Å². The zero-order valence-electron chi connectivity index (χ0n) is 31.2. The van der Waals surface area contributed by atoms with Crippen molar-refractivity contribution in [1.29, 1.82) is 0 Å². The number of benzene rings is 1. The molecule has 0 aliphatic heterocycles. The van der Waals surface area contributed by atoms with Crippen LogP contribution < -0.4 is 0 Å². The molecule has 1 rings (SSSR count). The predicted molar refractivity (Wildman–Crippen MR) is 202 cm³/mol. The molecule has 0 aliphatic carbocycles. The SMILES string of the molecule is CCCCCCCCCCCCCCCCCC(=O)N(C(=O)CCCCCCCCCCCCCCCCC)C(=O)c1ccccc1. The van der Waals surface area contributed by atoms with Gasteiger partial charge < -0.3 is 0 Å². The predicted octanol–water partition coefficient (Wildman–Crippen LogP) is 13.7. The van der Waals surface area contributed by atoms with Gasteiger partial charge in [-0.15, -0.1) is 0 Å². The smallest absolute Gasteiger partial charge is 0.267 e. The average Bonchev–Trinajstić information content (AvgIpc) is 3.08. The van der Waals surface area contributed by atoms with Gasteiger partial charge in [0.2, 0.25) is 11.8 Å². The van der Waals surface area contributed by atoms with Crippen LogP contribution in [0.1, 0.15) is 230 Å². The van der Waals surface area contributed by atoms with Crippen LogP contribution in [0.5, 0.6) is 0 Å². The Kier molecular flexibility index (Phi) is 29.8. The molecule has 4 heteroatoms. The van der Waals surface area contributed by atoms with Crippen molar-refractivity contribution in [2.45, 2.75) is 219 Å². The van der Waals surface area contributed by atoms with Crippen LogP contribution in [0.2, 0.25) is 0 Å². The molecule has 3 amide bonds. The van der Waals surface area contributed by atoms with E-state index in [0.29, 0.717) is 5.56 Å². The quantitative estimate of drug-likeness (QED) is 0.0709. The first-order chi connectivity index (χ1) is 23.1. The molecule has 0 aromatic heterocycles. The second kappa shape index (κ2) is 32.6. The zero-order valence-corrected chi connectivity index (χ0v) is 31.2. The number of carbonyl (C=O) groups is 3. The second-order valence-corrected chi connectivity index (χ2v) is 14.2. The molecule has 0 saturated carbocycles. The first-order valence-corrected chi connectivity index (χ1v) is 20.6. The van der Waals surface area contributed by atoms with E-state index in [1.165, 1.54) is 154 Å². The minimum absolute atomic E-state index is 0.265. The van der Waals surface area contributed by atoms with Crippen LogP contribution in [0.4, 0.5) is 0 Å². The molecular weight excluding hydrogens is 578 g/mol. The van der Waals surface area contributed by atoms with Gasteiger partial charge >= 0.3 is 0 Å². The van der Waals surface area contributed by atoms with Crippen molar-refractivity contribution < 1.29 is 14.4 Å². The molecule has 0 N–H and O–H groups in total. The Morgan fingerprint density at radius 2 is 0.638 bits per heavy atom. The standard InChI is InChI=1S/C43H75NO3/c1-3-5-7-9-11-13-15-17-19-21-23-25-27-29-34-38-41(45)44(43(47)40-36-32-31-33-37-40)42(46)39-35-30-28-26-24-22-20-18-16-14-12-10-8-6-4-2/h31-33,36-37H,3-30,34-35,38-39H2,1-2H3. The van der Waals surface area contributed by atoms with Crippen LogP contribution in [-0.4, -0.2) is 22.6 Å². The maximum Gasteiger partial charge on any atom is 0.267 e. The fraction of sp³-hybridized carbons (Fsp3) is 0.791. The number of hydrogen-bond acceptors (Lipinski definition) is 3. The zero-order chi connectivity index (χ0) is 34.0. The van der Waals surface area contributed by atoms with Gasteiger partial charge in [-0.05, 0) is 25.0 Å². The van der Waals surface area contributed by atoms with E-state index in [1.54, 1.807) is 24.3 Å². The molecule has 1 aromatic rings. The number of hydrogen-bond donors (Lipinski definition) is 0. The molecule has 0 heterocycles. The highest BCUT2D eigenvalue weighted by Gasteiger charge is 2.28. The lowest BCUT2D eigenvalue weighted by molar-refractivity contribution is -0.141. The fourth-order valence-corrected chi connectivity index (χ4v) is 6.59. The van der Waals surface area contributed by atoms with Gasteiger partial charge in [0, 0.05) is 18.4 Å². The van der Waals surface area contributed by atoms with Crippen molar-refractivity contribution >= 4 is 17.7 Å². The molecule has 0 unspecified atom stereocenters. The van der Waals surface area contributed by atoms with Crippen LogP contribution >= 0.6 is 0 Å². The van der Waals surface area contributed by atoms with Crippen molar-refractivity contribution in [3.8, 4) is 0 Å². The van der Waals surface area contributed by atoms with Crippen LogP contribution in [0, 0.1) is 0 Å². The Labute approximate surface area is 291 Å². The molecule has 0 saturated heterocycles.